The van der Waals surface area contributed by atoms with Gasteiger partial charge in [-0.15, -0.1) is 10.2 Å². The molecule has 29 heavy (non-hydrogen) atoms. The number of benzene rings is 2. The first-order chi connectivity index (χ1) is 14.0. The summed E-state index contributed by atoms with van der Waals surface area (Å²) in [4.78, 5) is 11.2. The van der Waals surface area contributed by atoms with Gasteiger partial charge in [0.15, 0.2) is 10.9 Å². The van der Waals surface area contributed by atoms with E-state index in [0.717, 1.165) is 5.56 Å². The van der Waals surface area contributed by atoms with Crippen LogP contribution < -0.4 is 15.4 Å². The Labute approximate surface area is 177 Å². The molecule has 9 heteroatoms. The molecule has 2 aromatic carbocycles. The lowest BCUT2D eigenvalue weighted by molar-refractivity contribution is -0.137. The number of para-hydroxylation sites is 1. The molecular weight excluding hydrogens is 412 g/mol. The van der Waals surface area contributed by atoms with E-state index in [4.69, 9.17) is 28.6 Å². The predicted molar refractivity (Wildman–Crippen MR) is 114 cm³/mol. The first-order valence-electron chi connectivity index (χ1n) is 8.61. The van der Waals surface area contributed by atoms with Gasteiger partial charge >= 0.3 is 5.97 Å². The number of carbonyl (C=O) groups is 1. The van der Waals surface area contributed by atoms with E-state index < -0.39 is 12.0 Å². The Kier molecular flexibility index (Phi) is 6.94. The maximum atomic E-state index is 11.2. The van der Waals surface area contributed by atoms with Crippen LogP contribution in [0.2, 0.25) is 5.02 Å². The maximum absolute atomic E-state index is 11.2. The van der Waals surface area contributed by atoms with Crippen LogP contribution in [0.15, 0.2) is 66.7 Å². The highest BCUT2D eigenvalue weighted by atomic mass is 35.5. The SMILES string of the molecule is O=C(O)C[C@H](NC(=S)Nc1ccc(Oc2ccccc2)nn1)c1ccc(Cl)cc1. The summed E-state index contributed by atoms with van der Waals surface area (Å²) in [5.41, 5.74) is 0.749. The fourth-order valence-electron chi connectivity index (χ4n) is 2.48. The highest BCUT2D eigenvalue weighted by molar-refractivity contribution is 7.80. The van der Waals surface area contributed by atoms with Gasteiger partial charge in [0, 0.05) is 11.1 Å². The molecule has 0 unspecified atom stereocenters. The van der Waals surface area contributed by atoms with Crippen molar-refractivity contribution >= 4 is 40.7 Å². The lowest BCUT2D eigenvalue weighted by Crippen LogP contribution is -2.33. The van der Waals surface area contributed by atoms with E-state index in [-0.39, 0.29) is 11.5 Å². The molecule has 0 aliphatic heterocycles. The van der Waals surface area contributed by atoms with Crippen molar-refractivity contribution in [3.63, 3.8) is 0 Å². The standard InChI is InChI=1S/C20H17ClN4O3S/c21-14-8-6-13(7-9-14)16(12-19(26)27)22-20(29)23-17-10-11-18(25-24-17)28-15-4-2-1-3-5-15/h1-11,16H,12H2,(H,26,27)(H2,22,23,24,29)/t16-/m0/s1. The molecule has 0 amide bonds. The molecule has 1 heterocycles. The van der Waals surface area contributed by atoms with Crippen LogP contribution in [0, 0.1) is 0 Å². The second-order valence-electron chi connectivity index (χ2n) is 5.97. The minimum absolute atomic E-state index is 0.154. The van der Waals surface area contributed by atoms with Crippen molar-refractivity contribution in [2.24, 2.45) is 0 Å². The largest absolute Gasteiger partial charge is 0.481 e. The number of anilines is 1. The Balaban J connectivity index is 1.62. The van der Waals surface area contributed by atoms with E-state index in [9.17, 15) is 9.90 Å². The normalized spacial score (nSPS) is 11.3. The summed E-state index contributed by atoms with van der Waals surface area (Å²) in [5, 5.41) is 23.9. The molecule has 0 saturated heterocycles. The van der Waals surface area contributed by atoms with Gasteiger partial charge in [-0.1, -0.05) is 41.9 Å². The van der Waals surface area contributed by atoms with Gasteiger partial charge in [-0.3, -0.25) is 4.79 Å². The van der Waals surface area contributed by atoms with Crippen LogP contribution in [0.4, 0.5) is 5.82 Å². The van der Waals surface area contributed by atoms with Gasteiger partial charge in [-0.25, -0.2) is 0 Å². The quantitative estimate of drug-likeness (QED) is 0.476. The van der Waals surface area contributed by atoms with Crippen LogP contribution >= 0.6 is 23.8 Å². The topological polar surface area (TPSA) is 96.4 Å². The Morgan fingerprint density at radius 3 is 2.41 bits per heavy atom. The van der Waals surface area contributed by atoms with Crippen LogP contribution in [-0.2, 0) is 4.79 Å². The molecule has 3 rings (SSSR count). The lowest BCUT2D eigenvalue weighted by Gasteiger charge is -2.19. The smallest absolute Gasteiger partial charge is 0.305 e. The third-order valence-corrected chi connectivity index (χ3v) is 4.28. The number of thiocarbonyl (C=S) groups is 1. The van der Waals surface area contributed by atoms with Gasteiger partial charge in [0.25, 0.3) is 0 Å². The van der Waals surface area contributed by atoms with E-state index >= 15 is 0 Å². The molecule has 0 aliphatic rings. The zero-order chi connectivity index (χ0) is 20.6. The number of aromatic nitrogens is 2. The van der Waals surface area contributed by atoms with Gasteiger partial charge < -0.3 is 20.5 Å². The van der Waals surface area contributed by atoms with Crippen LogP contribution in [0.1, 0.15) is 18.0 Å². The highest BCUT2D eigenvalue weighted by Crippen LogP contribution is 2.21. The van der Waals surface area contributed by atoms with Crippen molar-refractivity contribution < 1.29 is 14.6 Å². The van der Waals surface area contributed by atoms with Crippen molar-refractivity contribution in [3.05, 3.63) is 77.3 Å². The van der Waals surface area contributed by atoms with E-state index in [1.54, 1.807) is 36.4 Å². The number of carboxylic acid groups (broad SMARTS) is 1. The average molecular weight is 429 g/mol. The zero-order valence-electron chi connectivity index (χ0n) is 15.1. The minimum Gasteiger partial charge on any atom is -0.481 e. The van der Waals surface area contributed by atoms with Crippen LogP contribution in [0.25, 0.3) is 0 Å². The summed E-state index contributed by atoms with van der Waals surface area (Å²) < 4.78 is 5.59. The van der Waals surface area contributed by atoms with Gasteiger partial charge in [-0.2, -0.15) is 0 Å². The predicted octanol–water partition coefficient (Wildman–Crippen LogP) is 4.42. The molecular formula is C20H17ClN4O3S. The minimum atomic E-state index is -0.956. The van der Waals surface area contributed by atoms with Crippen molar-refractivity contribution in [2.45, 2.75) is 12.5 Å². The van der Waals surface area contributed by atoms with Crippen molar-refractivity contribution in [1.82, 2.24) is 15.5 Å². The van der Waals surface area contributed by atoms with Crippen LogP contribution in [0.5, 0.6) is 11.6 Å². The summed E-state index contributed by atoms with van der Waals surface area (Å²) in [6.45, 7) is 0. The molecule has 0 radical (unpaired) electrons. The van der Waals surface area contributed by atoms with Crippen molar-refractivity contribution in [3.8, 4) is 11.6 Å². The van der Waals surface area contributed by atoms with Crippen molar-refractivity contribution in [2.75, 3.05) is 5.32 Å². The number of halogens is 1. The molecule has 148 valence electrons. The molecule has 7 nitrogen and oxygen atoms in total. The first kappa shape index (κ1) is 20.5. The fourth-order valence-corrected chi connectivity index (χ4v) is 2.86. The Bertz CT molecular complexity index is 969. The number of carboxylic acids is 1. The fraction of sp³-hybridized carbons (Fsp3) is 0.100. The Hall–Kier alpha value is -3.23. The molecule has 3 N–H and O–H groups in total. The summed E-state index contributed by atoms with van der Waals surface area (Å²) >= 11 is 11.2. The van der Waals surface area contributed by atoms with E-state index in [1.807, 2.05) is 30.3 Å². The maximum Gasteiger partial charge on any atom is 0.305 e. The van der Waals surface area contributed by atoms with Gasteiger partial charge in [0.1, 0.15) is 5.75 Å². The summed E-state index contributed by atoms with van der Waals surface area (Å²) in [6.07, 6.45) is -0.154. The molecule has 0 bridgehead atoms. The zero-order valence-corrected chi connectivity index (χ0v) is 16.7. The number of hydrogen-bond acceptors (Lipinski definition) is 5. The molecule has 0 saturated carbocycles. The van der Waals surface area contributed by atoms with E-state index in [2.05, 4.69) is 20.8 Å². The average Bonchev–Trinajstić information content (AvgIpc) is 2.70. The summed E-state index contributed by atoms with van der Waals surface area (Å²) in [5.74, 6) is 0.431. The Morgan fingerprint density at radius 1 is 1.07 bits per heavy atom. The highest BCUT2D eigenvalue weighted by Gasteiger charge is 2.17. The summed E-state index contributed by atoms with van der Waals surface area (Å²) in [7, 11) is 0. The van der Waals surface area contributed by atoms with Crippen LogP contribution in [0.3, 0.4) is 0 Å². The number of aliphatic carboxylic acids is 1. The second kappa shape index (κ2) is 9.81. The first-order valence-corrected chi connectivity index (χ1v) is 9.39. The number of rotatable bonds is 7. The lowest BCUT2D eigenvalue weighted by atomic mass is 10.0. The van der Waals surface area contributed by atoms with E-state index in [1.165, 1.54) is 0 Å². The van der Waals surface area contributed by atoms with Crippen LogP contribution in [-0.4, -0.2) is 26.4 Å². The third-order valence-electron chi connectivity index (χ3n) is 3.80. The number of nitrogens with zero attached hydrogens (tertiary/aromatic N) is 2. The molecule has 0 aliphatic carbocycles. The second-order valence-corrected chi connectivity index (χ2v) is 6.82. The number of hydrogen-bond donors (Lipinski definition) is 3. The summed E-state index contributed by atoms with van der Waals surface area (Å²) in [6, 6.07) is 18.9. The van der Waals surface area contributed by atoms with Crippen molar-refractivity contribution in [1.29, 1.82) is 0 Å². The number of ether oxygens (including phenoxy) is 1. The molecule has 1 atom stereocenters. The van der Waals surface area contributed by atoms with Gasteiger partial charge in [0.2, 0.25) is 5.88 Å². The third kappa shape index (κ3) is 6.41. The molecule has 3 aromatic rings. The molecule has 0 fully saturated rings. The van der Waals surface area contributed by atoms with E-state index in [0.29, 0.717) is 22.5 Å². The molecule has 1 aromatic heterocycles. The number of nitrogens with one attached hydrogen (secondary N) is 2. The van der Waals surface area contributed by atoms with Gasteiger partial charge in [0.05, 0.1) is 12.5 Å². The monoisotopic (exact) mass is 428 g/mol. The van der Waals surface area contributed by atoms with Gasteiger partial charge in [-0.05, 0) is 48.1 Å². The molecule has 0 spiro atoms. The Morgan fingerprint density at radius 2 is 1.79 bits per heavy atom.